The van der Waals surface area contributed by atoms with Gasteiger partial charge in [0.25, 0.3) is 0 Å². The fourth-order valence-electron chi connectivity index (χ4n) is 3.81. The lowest BCUT2D eigenvalue weighted by Gasteiger charge is -2.31. The Balaban J connectivity index is 1.82. The minimum absolute atomic E-state index is 0.168. The zero-order chi connectivity index (χ0) is 13.7. The average molecular weight is 267 g/mol. The number of amides is 1. The van der Waals surface area contributed by atoms with E-state index in [1.165, 1.54) is 19.3 Å². The highest BCUT2D eigenvalue weighted by atomic mass is 16.3. The van der Waals surface area contributed by atoms with Crippen LogP contribution in [0.1, 0.15) is 71.1 Å². The molecule has 1 amide bonds. The number of unbranched alkanes of at least 4 members (excludes halogenated alkanes) is 3. The molecular formula is C16H29NO2. The van der Waals surface area contributed by atoms with Gasteiger partial charge in [0.05, 0.1) is 6.10 Å². The van der Waals surface area contributed by atoms with Gasteiger partial charge in [-0.15, -0.1) is 0 Å². The van der Waals surface area contributed by atoms with E-state index in [-0.39, 0.29) is 6.10 Å². The number of nitrogens with zero attached hydrogens (tertiary/aromatic N) is 1. The number of aliphatic hydroxyl groups is 1. The summed E-state index contributed by atoms with van der Waals surface area (Å²) in [5.74, 6) is 0.680. The molecule has 2 aliphatic rings. The molecule has 110 valence electrons. The van der Waals surface area contributed by atoms with Crippen LogP contribution < -0.4 is 0 Å². The molecular weight excluding hydrogens is 238 g/mol. The summed E-state index contributed by atoms with van der Waals surface area (Å²) < 4.78 is 0. The van der Waals surface area contributed by atoms with E-state index in [0.717, 1.165) is 45.1 Å². The fourth-order valence-corrected chi connectivity index (χ4v) is 3.81. The van der Waals surface area contributed by atoms with Gasteiger partial charge in [-0.3, -0.25) is 4.79 Å². The van der Waals surface area contributed by atoms with Gasteiger partial charge in [0, 0.05) is 24.9 Å². The van der Waals surface area contributed by atoms with E-state index in [1.54, 1.807) is 0 Å². The van der Waals surface area contributed by atoms with E-state index in [0.29, 0.717) is 24.3 Å². The van der Waals surface area contributed by atoms with Gasteiger partial charge in [-0.1, -0.05) is 32.6 Å². The third kappa shape index (κ3) is 3.71. The minimum Gasteiger partial charge on any atom is -0.393 e. The Morgan fingerprint density at radius 2 is 2.00 bits per heavy atom. The number of rotatable bonds is 6. The van der Waals surface area contributed by atoms with Crippen molar-refractivity contribution in [2.45, 2.75) is 83.3 Å². The monoisotopic (exact) mass is 267 g/mol. The van der Waals surface area contributed by atoms with Crippen LogP contribution in [0.25, 0.3) is 0 Å². The highest BCUT2D eigenvalue weighted by Gasteiger charge is 2.39. The van der Waals surface area contributed by atoms with Crippen LogP contribution in [0.15, 0.2) is 0 Å². The summed E-state index contributed by atoms with van der Waals surface area (Å²) in [5, 5.41) is 10.1. The zero-order valence-electron chi connectivity index (χ0n) is 12.3. The second-order valence-electron chi connectivity index (χ2n) is 6.27. The number of carbonyl (C=O) groups is 1. The first-order chi connectivity index (χ1) is 9.24. The van der Waals surface area contributed by atoms with Gasteiger partial charge >= 0.3 is 0 Å². The molecule has 3 unspecified atom stereocenters. The molecule has 1 saturated heterocycles. The third-order valence-electron chi connectivity index (χ3n) is 4.89. The predicted octanol–water partition coefficient (Wildman–Crippen LogP) is 3.11. The third-order valence-corrected chi connectivity index (χ3v) is 4.89. The molecule has 3 heteroatoms. The smallest absolute Gasteiger partial charge is 0.222 e. The Bertz CT molecular complexity index is 292. The van der Waals surface area contributed by atoms with Crippen molar-refractivity contribution in [1.29, 1.82) is 0 Å². The number of hydrogen-bond acceptors (Lipinski definition) is 2. The van der Waals surface area contributed by atoms with Gasteiger partial charge in [0.1, 0.15) is 0 Å². The largest absolute Gasteiger partial charge is 0.393 e. The molecule has 0 aromatic carbocycles. The normalized spacial score (nSPS) is 31.1. The van der Waals surface area contributed by atoms with Crippen LogP contribution in [-0.4, -0.2) is 34.6 Å². The lowest BCUT2D eigenvalue weighted by Crippen LogP contribution is -2.42. The first-order valence-corrected chi connectivity index (χ1v) is 8.21. The van der Waals surface area contributed by atoms with Crippen molar-refractivity contribution in [2.24, 2.45) is 5.92 Å². The molecule has 0 aromatic rings. The molecule has 19 heavy (non-hydrogen) atoms. The van der Waals surface area contributed by atoms with Gasteiger partial charge in [-0.2, -0.15) is 0 Å². The summed E-state index contributed by atoms with van der Waals surface area (Å²) in [6, 6.07) is 0.330. The molecule has 0 bridgehead atoms. The summed E-state index contributed by atoms with van der Waals surface area (Å²) >= 11 is 0. The van der Waals surface area contributed by atoms with Crippen LogP contribution in [0.4, 0.5) is 0 Å². The van der Waals surface area contributed by atoms with Gasteiger partial charge < -0.3 is 10.0 Å². The summed E-state index contributed by atoms with van der Waals surface area (Å²) in [7, 11) is 0. The van der Waals surface area contributed by atoms with Crippen molar-refractivity contribution in [1.82, 2.24) is 4.90 Å². The van der Waals surface area contributed by atoms with Crippen LogP contribution in [0, 0.1) is 5.92 Å². The molecule has 2 fully saturated rings. The maximum Gasteiger partial charge on any atom is 0.222 e. The van der Waals surface area contributed by atoms with E-state index in [2.05, 4.69) is 11.8 Å². The van der Waals surface area contributed by atoms with Crippen LogP contribution >= 0.6 is 0 Å². The van der Waals surface area contributed by atoms with E-state index in [1.807, 2.05) is 0 Å². The standard InChI is InChI=1S/C16H29NO2/c1-2-3-4-5-11-16(19)17-12-7-9-14(17)13-8-6-10-15(13)18/h13-15,18H,2-12H2,1H3. The SMILES string of the molecule is CCCCCCC(=O)N1CCCC1C1CCCC1O. The fraction of sp³-hybridized carbons (Fsp3) is 0.938. The van der Waals surface area contributed by atoms with Gasteiger partial charge in [-0.05, 0) is 32.1 Å². The molecule has 0 aromatic heterocycles. The average Bonchev–Trinajstić information content (AvgIpc) is 3.02. The Hall–Kier alpha value is -0.570. The number of carbonyl (C=O) groups excluding carboxylic acids is 1. The summed E-state index contributed by atoms with van der Waals surface area (Å²) in [5.41, 5.74) is 0. The van der Waals surface area contributed by atoms with Crippen LogP contribution in [0.2, 0.25) is 0 Å². The van der Waals surface area contributed by atoms with Crippen molar-refractivity contribution >= 4 is 5.91 Å². The summed E-state index contributed by atoms with van der Waals surface area (Å²) in [4.78, 5) is 14.4. The quantitative estimate of drug-likeness (QED) is 0.751. The van der Waals surface area contributed by atoms with Crippen LogP contribution in [0.5, 0.6) is 0 Å². The second kappa shape index (κ2) is 7.28. The molecule has 3 atom stereocenters. The minimum atomic E-state index is -0.168. The molecule has 1 N–H and O–H groups in total. The zero-order valence-corrected chi connectivity index (χ0v) is 12.3. The number of hydrogen-bond donors (Lipinski definition) is 1. The first-order valence-electron chi connectivity index (χ1n) is 8.21. The van der Waals surface area contributed by atoms with E-state index in [4.69, 9.17) is 0 Å². The molecule has 1 aliphatic carbocycles. The first kappa shape index (κ1) is 14.8. The molecule has 0 spiro atoms. The molecule has 1 saturated carbocycles. The van der Waals surface area contributed by atoms with Crippen molar-refractivity contribution < 1.29 is 9.90 Å². The van der Waals surface area contributed by atoms with Crippen LogP contribution in [-0.2, 0) is 4.79 Å². The van der Waals surface area contributed by atoms with Crippen molar-refractivity contribution in [3.05, 3.63) is 0 Å². The topological polar surface area (TPSA) is 40.5 Å². The lowest BCUT2D eigenvalue weighted by molar-refractivity contribution is -0.133. The summed E-state index contributed by atoms with van der Waals surface area (Å²) in [6.07, 6.45) is 10.6. The maximum absolute atomic E-state index is 12.3. The summed E-state index contributed by atoms with van der Waals surface area (Å²) in [6.45, 7) is 3.11. The van der Waals surface area contributed by atoms with Crippen molar-refractivity contribution in [3.8, 4) is 0 Å². The van der Waals surface area contributed by atoms with E-state index >= 15 is 0 Å². The Kier molecular flexibility index (Phi) is 5.68. The lowest BCUT2D eigenvalue weighted by atomic mass is 9.94. The Morgan fingerprint density at radius 1 is 1.16 bits per heavy atom. The number of aliphatic hydroxyl groups excluding tert-OH is 1. The van der Waals surface area contributed by atoms with Gasteiger partial charge in [0.2, 0.25) is 5.91 Å². The van der Waals surface area contributed by atoms with Crippen LogP contribution in [0.3, 0.4) is 0 Å². The Morgan fingerprint density at radius 3 is 2.68 bits per heavy atom. The molecule has 2 rings (SSSR count). The van der Waals surface area contributed by atoms with Gasteiger partial charge in [-0.25, -0.2) is 0 Å². The van der Waals surface area contributed by atoms with Crippen molar-refractivity contribution in [2.75, 3.05) is 6.54 Å². The van der Waals surface area contributed by atoms with E-state index < -0.39 is 0 Å². The molecule has 1 aliphatic heterocycles. The highest BCUT2D eigenvalue weighted by molar-refractivity contribution is 5.76. The molecule has 1 heterocycles. The van der Waals surface area contributed by atoms with Gasteiger partial charge in [0.15, 0.2) is 0 Å². The highest BCUT2D eigenvalue weighted by Crippen LogP contribution is 2.36. The second-order valence-corrected chi connectivity index (χ2v) is 6.27. The molecule has 0 radical (unpaired) electrons. The van der Waals surface area contributed by atoms with Crippen molar-refractivity contribution in [3.63, 3.8) is 0 Å². The number of likely N-dealkylation sites (tertiary alicyclic amines) is 1. The predicted molar refractivity (Wildman–Crippen MR) is 76.8 cm³/mol. The maximum atomic E-state index is 12.3. The Labute approximate surface area is 117 Å². The molecule has 3 nitrogen and oxygen atoms in total. The van der Waals surface area contributed by atoms with E-state index in [9.17, 15) is 9.90 Å².